The molecule has 0 aromatic carbocycles. The number of carboxylic acids is 1. The summed E-state index contributed by atoms with van der Waals surface area (Å²) in [6.45, 7) is 2.05. The van der Waals surface area contributed by atoms with Gasteiger partial charge in [0, 0.05) is 0 Å². The van der Waals surface area contributed by atoms with Gasteiger partial charge in [-0.15, -0.1) is 0 Å². The molecule has 0 aromatic heterocycles. The van der Waals surface area contributed by atoms with Crippen molar-refractivity contribution in [2.24, 2.45) is 17.3 Å². The molecule has 0 saturated heterocycles. The van der Waals surface area contributed by atoms with Crippen molar-refractivity contribution in [2.75, 3.05) is 0 Å². The maximum Gasteiger partial charge on any atom is 0.307 e. The first-order valence-corrected chi connectivity index (χ1v) is 4.04. The van der Waals surface area contributed by atoms with Crippen molar-refractivity contribution in [1.29, 1.82) is 0 Å². The van der Waals surface area contributed by atoms with Crippen molar-refractivity contribution in [3.8, 4) is 0 Å². The highest BCUT2D eigenvalue weighted by molar-refractivity contribution is 5.72. The Morgan fingerprint density at radius 1 is 1.73 bits per heavy atom. The zero-order valence-corrected chi connectivity index (χ0v) is 6.58. The lowest BCUT2D eigenvalue weighted by Crippen LogP contribution is -2.26. The lowest BCUT2D eigenvalue weighted by atomic mass is 9.80. The van der Waals surface area contributed by atoms with Crippen molar-refractivity contribution in [3.05, 3.63) is 12.2 Å². The standard InChI is InChI=1S/C9H12O2/c1-9-3-2-6(5-9)4-7(9)8(10)11/h2-3,6-7H,4-5H2,1H3,(H,10,11)/t6-,7-,9-/m0/s1. The Morgan fingerprint density at radius 2 is 2.45 bits per heavy atom. The van der Waals surface area contributed by atoms with E-state index in [1.165, 1.54) is 0 Å². The third-order valence-electron chi connectivity index (χ3n) is 3.08. The van der Waals surface area contributed by atoms with E-state index in [2.05, 4.69) is 19.1 Å². The highest BCUT2D eigenvalue weighted by Gasteiger charge is 2.48. The molecule has 2 rings (SSSR count). The van der Waals surface area contributed by atoms with Gasteiger partial charge in [0.25, 0.3) is 0 Å². The third kappa shape index (κ3) is 0.817. The molecule has 0 aromatic rings. The average Bonchev–Trinajstić information content (AvgIpc) is 2.41. The zero-order valence-electron chi connectivity index (χ0n) is 6.58. The highest BCUT2D eigenvalue weighted by atomic mass is 16.4. The Hall–Kier alpha value is -0.790. The second-order valence-corrected chi connectivity index (χ2v) is 3.96. The smallest absolute Gasteiger partial charge is 0.307 e. The predicted molar refractivity (Wildman–Crippen MR) is 41.1 cm³/mol. The van der Waals surface area contributed by atoms with Crippen LogP contribution in [0.25, 0.3) is 0 Å². The molecular formula is C9H12O2. The fourth-order valence-corrected chi connectivity index (χ4v) is 2.43. The van der Waals surface area contributed by atoms with Gasteiger partial charge in [-0.3, -0.25) is 4.79 Å². The quantitative estimate of drug-likeness (QED) is 0.580. The van der Waals surface area contributed by atoms with E-state index in [-0.39, 0.29) is 11.3 Å². The lowest BCUT2D eigenvalue weighted by molar-refractivity contribution is -0.144. The minimum Gasteiger partial charge on any atom is -0.481 e. The highest BCUT2D eigenvalue weighted by Crippen LogP contribution is 2.52. The molecule has 11 heavy (non-hydrogen) atoms. The summed E-state index contributed by atoms with van der Waals surface area (Å²) in [6, 6.07) is 0. The summed E-state index contributed by atoms with van der Waals surface area (Å²) in [5, 5.41) is 8.87. The van der Waals surface area contributed by atoms with E-state index in [9.17, 15) is 4.79 Å². The van der Waals surface area contributed by atoms with Crippen molar-refractivity contribution < 1.29 is 9.90 Å². The molecule has 1 N–H and O–H groups in total. The summed E-state index contributed by atoms with van der Waals surface area (Å²) < 4.78 is 0. The number of rotatable bonds is 1. The van der Waals surface area contributed by atoms with Crippen molar-refractivity contribution in [2.45, 2.75) is 19.8 Å². The lowest BCUT2D eigenvalue weighted by Gasteiger charge is -2.23. The molecule has 2 aliphatic carbocycles. The second kappa shape index (κ2) is 1.87. The van der Waals surface area contributed by atoms with Gasteiger partial charge in [-0.25, -0.2) is 0 Å². The van der Waals surface area contributed by atoms with Gasteiger partial charge in [-0.05, 0) is 24.2 Å². The van der Waals surface area contributed by atoms with Crippen LogP contribution in [0.5, 0.6) is 0 Å². The van der Waals surface area contributed by atoms with Gasteiger partial charge in [0.2, 0.25) is 0 Å². The van der Waals surface area contributed by atoms with Crippen LogP contribution in [0.1, 0.15) is 19.8 Å². The van der Waals surface area contributed by atoms with Crippen molar-refractivity contribution >= 4 is 5.97 Å². The molecule has 2 heteroatoms. The minimum absolute atomic E-state index is 0.0312. The summed E-state index contributed by atoms with van der Waals surface area (Å²) in [6.07, 6.45) is 6.14. The number of hydrogen-bond donors (Lipinski definition) is 1. The van der Waals surface area contributed by atoms with E-state index in [1.54, 1.807) is 0 Å². The van der Waals surface area contributed by atoms with Crippen LogP contribution in [0.15, 0.2) is 12.2 Å². The number of fused-ring (bicyclic) bond motifs is 2. The van der Waals surface area contributed by atoms with Crippen LogP contribution in [0, 0.1) is 17.3 Å². The van der Waals surface area contributed by atoms with Crippen LogP contribution in [-0.4, -0.2) is 11.1 Å². The Balaban J connectivity index is 2.29. The molecule has 2 nitrogen and oxygen atoms in total. The molecule has 0 radical (unpaired) electrons. The topological polar surface area (TPSA) is 37.3 Å². The molecule has 2 bridgehead atoms. The molecule has 1 fully saturated rings. The van der Waals surface area contributed by atoms with E-state index in [0.717, 1.165) is 12.8 Å². The molecule has 60 valence electrons. The molecule has 0 amide bonds. The van der Waals surface area contributed by atoms with E-state index >= 15 is 0 Å². The number of hydrogen-bond acceptors (Lipinski definition) is 1. The van der Waals surface area contributed by atoms with Crippen LogP contribution in [0.4, 0.5) is 0 Å². The Labute approximate surface area is 65.9 Å². The molecule has 0 heterocycles. The van der Waals surface area contributed by atoms with Gasteiger partial charge in [0.1, 0.15) is 0 Å². The molecule has 0 unspecified atom stereocenters. The molecular weight excluding hydrogens is 140 g/mol. The first-order chi connectivity index (χ1) is 5.12. The third-order valence-corrected chi connectivity index (χ3v) is 3.08. The average molecular weight is 152 g/mol. The minimum atomic E-state index is -0.626. The van der Waals surface area contributed by atoms with Crippen LogP contribution >= 0.6 is 0 Å². The molecule has 3 atom stereocenters. The Bertz CT molecular complexity index is 232. The Morgan fingerprint density at radius 3 is 2.73 bits per heavy atom. The van der Waals surface area contributed by atoms with E-state index in [4.69, 9.17) is 5.11 Å². The molecule has 0 aliphatic heterocycles. The fraction of sp³-hybridized carbons (Fsp3) is 0.667. The molecule has 1 saturated carbocycles. The number of allylic oxidation sites excluding steroid dienone is 2. The first kappa shape index (κ1) is 6.89. The Kier molecular flexibility index (Phi) is 1.17. The summed E-state index contributed by atoms with van der Waals surface area (Å²) in [5.74, 6) is -0.210. The van der Waals surface area contributed by atoms with Gasteiger partial charge in [0.15, 0.2) is 0 Å². The van der Waals surface area contributed by atoms with Gasteiger partial charge >= 0.3 is 5.97 Å². The second-order valence-electron chi connectivity index (χ2n) is 3.96. The predicted octanol–water partition coefficient (Wildman–Crippen LogP) is 1.67. The van der Waals surface area contributed by atoms with Crippen LogP contribution in [0.3, 0.4) is 0 Å². The van der Waals surface area contributed by atoms with Crippen LogP contribution < -0.4 is 0 Å². The van der Waals surface area contributed by atoms with Crippen molar-refractivity contribution in [3.63, 3.8) is 0 Å². The summed E-state index contributed by atoms with van der Waals surface area (Å²) >= 11 is 0. The number of carbonyl (C=O) groups is 1. The van der Waals surface area contributed by atoms with Gasteiger partial charge < -0.3 is 5.11 Å². The van der Waals surface area contributed by atoms with Crippen LogP contribution in [-0.2, 0) is 4.79 Å². The summed E-state index contributed by atoms with van der Waals surface area (Å²) in [5.41, 5.74) is -0.0312. The maximum absolute atomic E-state index is 10.8. The van der Waals surface area contributed by atoms with E-state index in [0.29, 0.717) is 5.92 Å². The fourth-order valence-electron chi connectivity index (χ4n) is 2.43. The van der Waals surface area contributed by atoms with E-state index < -0.39 is 5.97 Å². The number of carboxylic acid groups (broad SMARTS) is 1. The normalized spacial score (nSPS) is 46.6. The van der Waals surface area contributed by atoms with Gasteiger partial charge in [-0.1, -0.05) is 19.1 Å². The zero-order chi connectivity index (χ0) is 8.06. The monoisotopic (exact) mass is 152 g/mol. The SMILES string of the molecule is C[C@@]12C=C[C@@H](C[C@H]1C(=O)O)C2. The molecule has 0 spiro atoms. The summed E-state index contributed by atoms with van der Waals surface area (Å²) in [7, 11) is 0. The summed E-state index contributed by atoms with van der Waals surface area (Å²) in [4.78, 5) is 10.8. The van der Waals surface area contributed by atoms with Gasteiger partial charge in [0.05, 0.1) is 5.92 Å². The first-order valence-electron chi connectivity index (χ1n) is 4.04. The maximum atomic E-state index is 10.8. The van der Waals surface area contributed by atoms with Gasteiger partial charge in [-0.2, -0.15) is 0 Å². The molecule has 2 aliphatic rings. The van der Waals surface area contributed by atoms with E-state index in [1.807, 2.05) is 0 Å². The largest absolute Gasteiger partial charge is 0.481 e. The van der Waals surface area contributed by atoms with Crippen molar-refractivity contribution in [1.82, 2.24) is 0 Å². The number of aliphatic carboxylic acids is 1. The van der Waals surface area contributed by atoms with Crippen LogP contribution in [0.2, 0.25) is 0 Å².